The van der Waals surface area contributed by atoms with E-state index in [9.17, 15) is 9.59 Å². The molecule has 1 N–H and O–H groups in total. The maximum Gasteiger partial charge on any atom is 0.303 e. The van der Waals surface area contributed by atoms with Gasteiger partial charge in [0.1, 0.15) is 6.10 Å². The summed E-state index contributed by atoms with van der Waals surface area (Å²) in [6.45, 7) is 3.02. The van der Waals surface area contributed by atoms with Crippen LogP contribution in [0.3, 0.4) is 0 Å². The molecule has 0 fully saturated rings. The molecule has 0 heterocycles. The lowest BCUT2D eigenvalue weighted by Crippen LogP contribution is -2.16. The minimum atomic E-state index is -0.706. The molecule has 0 bridgehead atoms. The maximum atomic E-state index is 11.4. The fraction of sp³-hybridized carbons (Fsp3) is 0.704. The topological polar surface area (TPSA) is 72.8 Å². The molecule has 5 nitrogen and oxygen atoms in total. The summed E-state index contributed by atoms with van der Waals surface area (Å²) in [4.78, 5) is 21.9. The van der Waals surface area contributed by atoms with E-state index in [1.807, 2.05) is 18.2 Å². The van der Waals surface area contributed by atoms with Crippen molar-refractivity contribution in [1.82, 2.24) is 0 Å². The van der Waals surface area contributed by atoms with Crippen molar-refractivity contribution in [3.05, 3.63) is 35.9 Å². The Morgan fingerprint density at radius 3 is 1.88 bits per heavy atom. The molecule has 0 saturated heterocycles. The summed E-state index contributed by atoms with van der Waals surface area (Å²) in [6, 6.07) is 10.3. The maximum absolute atomic E-state index is 11.4. The summed E-state index contributed by atoms with van der Waals surface area (Å²) in [7, 11) is 0. The molecule has 0 aromatic heterocycles. The first-order valence-corrected chi connectivity index (χ1v) is 12.6. The van der Waals surface area contributed by atoms with Crippen LogP contribution in [0, 0.1) is 0 Å². The summed E-state index contributed by atoms with van der Waals surface area (Å²) in [6.07, 6.45) is 15.4. The van der Waals surface area contributed by atoms with Crippen LogP contribution in [0.4, 0.5) is 0 Å². The molecular weight excluding hydrogens is 404 g/mol. The number of hydrogen-bond acceptors (Lipinski definition) is 4. The first-order chi connectivity index (χ1) is 15.6. The fourth-order valence-electron chi connectivity index (χ4n) is 3.90. The van der Waals surface area contributed by atoms with Gasteiger partial charge in [-0.25, -0.2) is 0 Å². The monoisotopic (exact) mass is 448 g/mol. The van der Waals surface area contributed by atoms with Crippen LogP contribution in [0.25, 0.3) is 0 Å². The van der Waals surface area contributed by atoms with Crippen LogP contribution in [0.1, 0.15) is 109 Å². The van der Waals surface area contributed by atoms with Gasteiger partial charge >= 0.3 is 11.9 Å². The van der Waals surface area contributed by atoms with Crippen molar-refractivity contribution < 1.29 is 24.2 Å². The highest BCUT2D eigenvalue weighted by Gasteiger charge is 2.11. The van der Waals surface area contributed by atoms with Crippen LogP contribution in [0.2, 0.25) is 0 Å². The minimum absolute atomic E-state index is 0.0471. The first kappa shape index (κ1) is 28.2. The quantitative estimate of drug-likeness (QED) is 0.161. The summed E-state index contributed by atoms with van der Waals surface area (Å²) in [5, 5.41) is 8.64. The van der Waals surface area contributed by atoms with E-state index in [-0.39, 0.29) is 18.5 Å². The van der Waals surface area contributed by atoms with Crippen LogP contribution in [0.5, 0.6) is 0 Å². The predicted octanol–water partition coefficient (Wildman–Crippen LogP) is 7.07. The van der Waals surface area contributed by atoms with Crippen LogP contribution in [0.15, 0.2) is 30.3 Å². The molecule has 5 heteroatoms. The molecule has 0 aliphatic rings. The third-order valence-corrected chi connectivity index (χ3v) is 5.68. The molecule has 0 aliphatic heterocycles. The lowest BCUT2D eigenvalue weighted by Gasteiger charge is -2.17. The zero-order chi connectivity index (χ0) is 23.3. The third-order valence-electron chi connectivity index (χ3n) is 5.68. The molecular formula is C27H44O5. The van der Waals surface area contributed by atoms with Crippen molar-refractivity contribution in [1.29, 1.82) is 0 Å². The Morgan fingerprint density at radius 1 is 0.781 bits per heavy atom. The molecule has 1 aromatic rings. The second-order valence-electron chi connectivity index (χ2n) is 8.73. The Morgan fingerprint density at radius 2 is 1.31 bits per heavy atom. The van der Waals surface area contributed by atoms with Crippen LogP contribution in [-0.4, -0.2) is 29.8 Å². The highest BCUT2D eigenvalue weighted by atomic mass is 16.5. The Kier molecular flexibility index (Phi) is 17.4. The number of carbonyl (C=O) groups is 2. The third kappa shape index (κ3) is 17.8. The number of carbonyl (C=O) groups excluding carboxylic acids is 1. The highest BCUT2D eigenvalue weighted by molar-refractivity contribution is 5.66. The zero-order valence-electron chi connectivity index (χ0n) is 20.1. The fourth-order valence-corrected chi connectivity index (χ4v) is 3.90. The van der Waals surface area contributed by atoms with Crippen molar-refractivity contribution in [3.63, 3.8) is 0 Å². The van der Waals surface area contributed by atoms with Gasteiger partial charge in [-0.05, 0) is 44.1 Å². The lowest BCUT2D eigenvalue weighted by molar-refractivity contribution is -0.147. The molecule has 182 valence electrons. The van der Waals surface area contributed by atoms with Gasteiger partial charge in [0.25, 0.3) is 0 Å². The van der Waals surface area contributed by atoms with Crippen molar-refractivity contribution in [3.8, 4) is 0 Å². The minimum Gasteiger partial charge on any atom is -0.481 e. The largest absolute Gasteiger partial charge is 0.481 e. The molecule has 0 spiro atoms. The van der Waals surface area contributed by atoms with E-state index in [1.165, 1.54) is 38.2 Å². The van der Waals surface area contributed by atoms with Crippen molar-refractivity contribution in [2.24, 2.45) is 0 Å². The van der Waals surface area contributed by atoms with E-state index >= 15 is 0 Å². The van der Waals surface area contributed by atoms with Gasteiger partial charge in [-0.15, -0.1) is 0 Å². The van der Waals surface area contributed by atoms with Gasteiger partial charge in [0.2, 0.25) is 0 Å². The average molecular weight is 449 g/mol. The van der Waals surface area contributed by atoms with Gasteiger partial charge in [0.05, 0.1) is 6.61 Å². The van der Waals surface area contributed by atoms with Crippen LogP contribution >= 0.6 is 0 Å². The van der Waals surface area contributed by atoms with E-state index < -0.39 is 5.97 Å². The molecule has 1 rings (SSSR count). The number of ether oxygens (including phenoxy) is 2. The molecule has 0 radical (unpaired) electrons. The molecule has 0 aliphatic carbocycles. The molecule has 1 aromatic carbocycles. The van der Waals surface area contributed by atoms with Crippen molar-refractivity contribution in [2.45, 2.75) is 116 Å². The SMILES string of the molecule is CC(=O)OC(CCCCCCCCOCc1ccccc1)CCCCCCCCC(=O)O. The number of hydrogen-bond donors (Lipinski definition) is 1. The summed E-state index contributed by atoms with van der Waals surface area (Å²) in [5.41, 5.74) is 1.23. The number of aliphatic carboxylic acids is 1. The van der Waals surface area contributed by atoms with Gasteiger partial charge in [-0.3, -0.25) is 9.59 Å². The van der Waals surface area contributed by atoms with E-state index in [2.05, 4.69) is 12.1 Å². The number of benzene rings is 1. The predicted molar refractivity (Wildman–Crippen MR) is 129 cm³/mol. The van der Waals surface area contributed by atoms with Gasteiger partial charge in [0, 0.05) is 20.0 Å². The van der Waals surface area contributed by atoms with Gasteiger partial charge < -0.3 is 14.6 Å². The normalized spacial score (nSPS) is 11.9. The van der Waals surface area contributed by atoms with E-state index in [1.54, 1.807) is 0 Å². The highest BCUT2D eigenvalue weighted by Crippen LogP contribution is 2.17. The summed E-state index contributed by atoms with van der Waals surface area (Å²) < 4.78 is 11.2. The molecule has 0 amide bonds. The molecule has 32 heavy (non-hydrogen) atoms. The Balaban J connectivity index is 1.96. The summed E-state index contributed by atoms with van der Waals surface area (Å²) >= 11 is 0. The number of carboxylic acids is 1. The summed E-state index contributed by atoms with van der Waals surface area (Å²) in [5.74, 6) is -0.888. The van der Waals surface area contributed by atoms with E-state index in [4.69, 9.17) is 14.6 Å². The molecule has 1 atom stereocenters. The smallest absolute Gasteiger partial charge is 0.303 e. The Bertz CT molecular complexity index is 587. The van der Waals surface area contributed by atoms with Crippen LogP contribution < -0.4 is 0 Å². The van der Waals surface area contributed by atoms with Gasteiger partial charge in [-0.2, -0.15) is 0 Å². The zero-order valence-corrected chi connectivity index (χ0v) is 20.1. The van der Waals surface area contributed by atoms with Gasteiger partial charge in [-0.1, -0.05) is 81.7 Å². The van der Waals surface area contributed by atoms with Crippen LogP contribution in [-0.2, 0) is 25.7 Å². The lowest BCUT2D eigenvalue weighted by atomic mass is 10.0. The standard InChI is InChI=1S/C27H44O5/c1-24(28)32-26(19-13-6-2-3-8-15-21-27(29)30)20-14-7-4-5-9-16-22-31-23-25-17-11-10-12-18-25/h10-12,17-18,26H,2-9,13-16,19-23H2,1H3,(H,29,30). The Labute approximate surface area is 194 Å². The molecule has 0 saturated carbocycles. The molecule has 1 unspecified atom stereocenters. The number of carboxylic acid groups (broad SMARTS) is 1. The first-order valence-electron chi connectivity index (χ1n) is 12.6. The van der Waals surface area contributed by atoms with Gasteiger partial charge in [0.15, 0.2) is 0 Å². The Hall–Kier alpha value is -1.88. The second-order valence-corrected chi connectivity index (χ2v) is 8.73. The van der Waals surface area contributed by atoms with E-state index in [0.29, 0.717) is 6.61 Å². The number of esters is 1. The number of rotatable bonds is 21. The van der Waals surface area contributed by atoms with Crippen molar-refractivity contribution in [2.75, 3.05) is 6.61 Å². The van der Waals surface area contributed by atoms with E-state index in [0.717, 1.165) is 70.8 Å². The van der Waals surface area contributed by atoms with Crippen molar-refractivity contribution >= 4 is 11.9 Å². The second kappa shape index (κ2) is 19.8. The number of unbranched alkanes of at least 4 members (excludes halogenated alkanes) is 10. The average Bonchev–Trinajstić information content (AvgIpc) is 2.76.